The normalized spacial score (nSPS) is 29.7. The Morgan fingerprint density at radius 1 is 1.04 bits per heavy atom. The minimum Gasteiger partial charge on any atom is -0.481 e. The first-order chi connectivity index (χ1) is 12.6. The van der Waals surface area contributed by atoms with Gasteiger partial charge in [0.05, 0.1) is 6.10 Å². The van der Waals surface area contributed by atoms with Crippen LogP contribution in [0.2, 0.25) is 0 Å². The highest BCUT2D eigenvalue weighted by Gasteiger charge is 2.44. The zero-order valence-corrected chi connectivity index (χ0v) is 16.0. The lowest BCUT2D eigenvalue weighted by atomic mass is 9.90. The smallest absolute Gasteiger partial charge is 0.303 e. The predicted octanol–water partition coefficient (Wildman–Crippen LogP) is 4.46. The molecule has 2 rings (SSSR count). The zero-order chi connectivity index (χ0) is 18.8. The quantitative estimate of drug-likeness (QED) is 0.353. The van der Waals surface area contributed by atoms with Crippen LogP contribution in [0.3, 0.4) is 0 Å². The Morgan fingerprint density at radius 3 is 2.58 bits per heavy atom. The molecule has 3 N–H and O–H groups in total. The van der Waals surface area contributed by atoms with Crippen LogP contribution in [-0.2, 0) is 4.79 Å². The van der Waals surface area contributed by atoms with E-state index in [0.29, 0.717) is 24.4 Å². The third-order valence-corrected chi connectivity index (χ3v) is 6.03. The van der Waals surface area contributed by atoms with Gasteiger partial charge in [0.2, 0.25) is 0 Å². The molecule has 0 aromatic heterocycles. The van der Waals surface area contributed by atoms with E-state index < -0.39 is 5.97 Å². The molecule has 4 atom stereocenters. The van der Waals surface area contributed by atoms with Crippen LogP contribution in [0.1, 0.15) is 77.0 Å². The minimum atomic E-state index is -0.714. The van der Waals surface area contributed by atoms with Crippen molar-refractivity contribution in [2.24, 2.45) is 17.8 Å². The maximum Gasteiger partial charge on any atom is 0.303 e. The Bertz CT molecular complexity index is 483. The molecule has 26 heavy (non-hydrogen) atoms. The Hall–Kier alpha value is -1.13. The summed E-state index contributed by atoms with van der Waals surface area (Å²) >= 11 is 0. The molecular formula is C22H36O4. The summed E-state index contributed by atoms with van der Waals surface area (Å²) < 4.78 is 0. The number of allylic oxidation sites excluding steroid dienone is 3. The first kappa shape index (κ1) is 21.2. The maximum absolute atomic E-state index is 10.6. The van der Waals surface area contributed by atoms with Crippen LogP contribution < -0.4 is 0 Å². The van der Waals surface area contributed by atoms with Crippen LogP contribution in [0.5, 0.6) is 0 Å². The Morgan fingerprint density at radius 2 is 1.81 bits per heavy atom. The van der Waals surface area contributed by atoms with E-state index in [2.05, 4.69) is 18.2 Å². The molecule has 148 valence electrons. The van der Waals surface area contributed by atoms with Crippen molar-refractivity contribution < 1.29 is 20.1 Å². The molecule has 2 saturated carbocycles. The van der Waals surface area contributed by atoms with Gasteiger partial charge in [-0.1, -0.05) is 43.1 Å². The molecule has 0 bridgehead atoms. The molecule has 2 fully saturated rings. The average molecular weight is 365 g/mol. The molecule has 0 aromatic rings. The van der Waals surface area contributed by atoms with E-state index in [0.717, 1.165) is 51.4 Å². The minimum absolute atomic E-state index is 0.195. The largest absolute Gasteiger partial charge is 0.481 e. The van der Waals surface area contributed by atoms with E-state index in [1.54, 1.807) is 0 Å². The summed E-state index contributed by atoms with van der Waals surface area (Å²) in [5.74, 6) is 0.744. The van der Waals surface area contributed by atoms with Crippen LogP contribution in [0, 0.1) is 17.8 Å². The first-order valence-corrected chi connectivity index (χ1v) is 10.5. The fourth-order valence-electron chi connectivity index (χ4n) is 4.66. The van der Waals surface area contributed by atoms with E-state index in [9.17, 15) is 9.90 Å². The number of rotatable bonds is 12. The second-order valence-electron chi connectivity index (χ2n) is 8.07. The van der Waals surface area contributed by atoms with Gasteiger partial charge < -0.3 is 15.3 Å². The lowest BCUT2D eigenvalue weighted by Crippen LogP contribution is -2.16. The zero-order valence-electron chi connectivity index (χ0n) is 16.0. The Labute approximate surface area is 158 Å². The molecular weight excluding hydrogens is 328 g/mol. The lowest BCUT2D eigenvalue weighted by molar-refractivity contribution is -0.137. The number of aliphatic hydroxyl groups is 2. The molecule has 0 aliphatic heterocycles. The van der Waals surface area contributed by atoms with Gasteiger partial charge in [-0.05, 0) is 63.2 Å². The van der Waals surface area contributed by atoms with Gasteiger partial charge in [0.25, 0.3) is 0 Å². The Kier molecular flexibility index (Phi) is 9.41. The van der Waals surface area contributed by atoms with Gasteiger partial charge in [-0.3, -0.25) is 4.79 Å². The second-order valence-corrected chi connectivity index (χ2v) is 8.07. The van der Waals surface area contributed by atoms with Crippen LogP contribution in [0.4, 0.5) is 0 Å². The molecule has 0 aromatic carbocycles. The highest BCUT2D eigenvalue weighted by molar-refractivity contribution is 5.66. The number of carboxylic acids is 1. The summed E-state index contributed by atoms with van der Waals surface area (Å²) in [5, 5.41) is 27.9. The number of carboxylic acid groups (broad SMARTS) is 1. The maximum atomic E-state index is 10.6. The summed E-state index contributed by atoms with van der Waals surface area (Å²) in [6.07, 6.45) is 18.2. The highest BCUT2D eigenvalue weighted by atomic mass is 16.4. The lowest BCUT2D eigenvalue weighted by Gasteiger charge is -2.17. The second kappa shape index (κ2) is 11.6. The highest BCUT2D eigenvalue weighted by Crippen LogP contribution is 2.50. The monoisotopic (exact) mass is 364 g/mol. The predicted molar refractivity (Wildman–Crippen MR) is 104 cm³/mol. The molecule has 4 heteroatoms. The molecule has 0 saturated heterocycles. The van der Waals surface area contributed by atoms with Gasteiger partial charge in [-0.25, -0.2) is 0 Å². The fraction of sp³-hybridized carbons (Fsp3) is 0.773. The molecule has 0 unspecified atom stereocenters. The third kappa shape index (κ3) is 6.88. The number of hydrogen-bond donors (Lipinski definition) is 3. The molecule has 0 amide bonds. The van der Waals surface area contributed by atoms with Crippen LogP contribution >= 0.6 is 0 Å². The van der Waals surface area contributed by atoms with Crippen LogP contribution in [0.15, 0.2) is 23.8 Å². The first-order valence-electron chi connectivity index (χ1n) is 10.5. The Balaban J connectivity index is 1.70. The molecule has 0 heterocycles. The molecule has 4 nitrogen and oxygen atoms in total. The van der Waals surface area contributed by atoms with Crippen molar-refractivity contribution in [1.29, 1.82) is 0 Å². The molecule has 0 spiro atoms. The van der Waals surface area contributed by atoms with Crippen molar-refractivity contribution in [3.63, 3.8) is 0 Å². The van der Waals surface area contributed by atoms with E-state index in [-0.39, 0.29) is 12.5 Å². The summed E-state index contributed by atoms with van der Waals surface area (Å²) in [7, 11) is 0. The van der Waals surface area contributed by atoms with Crippen molar-refractivity contribution in [2.45, 2.75) is 83.2 Å². The van der Waals surface area contributed by atoms with Crippen LogP contribution in [0.25, 0.3) is 0 Å². The number of carbonyl (C=O) groups is 1. The fourth-order valence-corrected chi connectivity index (χ4v) is 4.66. The van der Waals surface area contributed by atoms with Gasteiger partial charge in [0.15, 0.2) is 0 Å². The van der Waals surface area contributed by atoms with Gasteiger partial charge in [-0.15, -0.1) is 0 Å². The van der Waals surface area contributed by atoms with E-state index in [1.807, 2.05) is 0 Å². The van der Waals surface area contributed by atoms with E-state index in [4.69, 9.17) is 10.2 Å². The van der Waals surface area contributed by atoms with Gasteiger partial charge in [0.1, 0.15) is 0 Å². The number of unbranched alkanes of at least 4 members (excludes halogenated alkanes) is 6. The summed E-state index contributed by atoms with van der Waals surface area (Å²) in [6, 6.07) is 0. The number of aliphatic hydroxyl groups excluding tert-OH is 2. The summed E-state index contributed by atoms with van der Waals surface area (Å²) in [4.78, 5) is 10.6. The average Bonchev–Trinajstić information content (AvgIpc) is 3.11. The van der Waals surface area contributed by atoms with Gasteiger partial charge in [0, 0.05) is 18.9 Å². The van der Waals surface area contributed by atoms with Crippen molar-refractivity contribution in [2.75, 3.05) is 6.61 Å². The standard InChI is InChI=1S/C22H36O4/c23-13-9-5-3-1-2-4-6-11-19-20-15-17(10-7-8-12-22(25)26)14-18(20)16-21(19)24/h6,10-11,18-21,23-24H,1-5,7-9,12-16H2,(H,25,26)/b11-6+,17-10+/t18-,19+,20-,21+/m0/s1. The summed E-state index contributed by atoms with van der Waals surface area (Å²) in [6.45, 7) is 0.304. The number of fused-ring (bicyclic) bond motifs is 1. The van der Waals surface area contributed by atoms with Crippen molar-refractivity contribution in [3.8, 4) is 0 Å². The van der Waals surface area contributed by atoms with E-state index >= 15 is 0 Å². The van der Waals surface area contributed by atoms with E-state index in [1.165, 1.54) is 24.8 Å². The topological polar surface area (TPSA) is 77.8 Å². The molecule has 0 radical (unpaired) electrons. The van der Waals surface area contributed by atoms with Crippen molar-refractivity contribution in [3.05, 3.63) is 23.8 Å². The van der Waals surface area contributed by atoms with Crippen molar-refractivity contribution in [1.82, 2.24) is 0 Å². The SMILES string of the molecule is O=C(O)CCC/C=C1\C[C@H]2C[C@@H](O)[C@H](/C=C/CCCCCCCO)[C@H]2C1. The van der Waals surface area contributed by atoms with Gasteiger partial charge >= 0.3 is 5.97 Å². The molecule has 2 aliphatic rings. The van der Waals surface area contributed by atoms with Gasteiger partial charge in [-0.2, -0.15) is 0 Å². The van der Waals surface area contributed by atoms with Crippen LogP contribution in [-0.4, -0.2) is 34.0 Å². The third-order valence-electron chi connectivity index (χ3n) is 6.03. The molecule has 2 aliphatic carbocycles. The number of aliphatic carboxylic acids is 1. The number of hydrogen-bond acceptors (Lipinski definition) is 3. The summed E-state index contributed by atoms with van der Waals surface area (Å²) in [5.41, 5.74) is 1.47. The van der Waals surface area contributed by atoms with Crippen molar-refractivity contribution >= 4 is 5.97 Å².